The molecular formula is C20H27IN6S. The molecular weight excluding hydrogens is 483 g/mol. The first-order chi connectivity index (χ1) is 13.3. The Kier molecular flexibility index (Phi) is 9.56. The van der Waals surface area contributed by atoms with Gasteiger partial charge in [-0.05, 0) is 31.5 Å². The summed E-state index contributed by atoms with van der Waals surface area (Å²) in [6.07, 6.45) is 1.96. The Bertz CT molecular complexity index is 878. The van der Waals surface area contributed by atoms with Crippen molar-refractivity contribution in [3.63, 3.8) is 0 Å². The summed E-state index contributed by atoms with van der Waals surface area (Å²) in [6.45, 7) is 6.35. The lowest BCUT2D eigenvalue weighted by atomic mass is 10.2. The number of pyridine rings is 1. The van der Waals surface area contributed by atoms with Crippen LogP contribution < -0.4 is 10.6 Å². The maximum atomic E-state index is 4.63. The predicted octanol–water partition coefficient (Wildman–Crippen LogP) is 3.64. The molecule has 150 valence electrons. The van der Waals surface area contributed by atoms with Crippen molar-refractivity contribution < 1.29 is 0 Å². The van der Waals surface area contributed by atoms with Crippen molar-refractivity contribution in [2.45, 2.75) is 26.1 Å². The molecule has 0 spiro atoms. The molecule has 0 saturated heterocycles. The summed E-state index contributed by atoms with van der Waals surface area (Å²) in [7, 11) is 0. The molecule has 3 aromatic rings. The minimum absolute atomic E-state index is 0. The third kappa shape index (κ3) is 6.66. The first-order valence-corrected chi connectivity index (χ1v) is 10.4. The minimum Gasteiger partial charge on any atom is -0.357 e. The Morgan fingerprint density at radius 3 is 2.71 bits per heavy atom. The average molecular weight is 510 g/mol. The van der Waals surface area contributed by atoms with Gasteiger partial charge in [0.1, 0.15) is 6.54 Å². The summed E-state index contributed by atoms with van der Waals surface area (Å²) in [6, 6.07) is 14.6. The van der Waals surface area contributed by atoms with E-state index >= 15 is 0 Å². The van der Waals surface area contributed by atoms with Gasteiger partial charge in [0.05, 0.1) is 0 Å². The lowest BCUT2D eigenvalue weighted by Crippen LogP contribution is -2.38. The smallest absolute Gasteiger partial charge is 0.191 e. The lowest BCUT2D eigenvalue weighted by Gasteiger charge is -2.11. The third-order valence-corrected chi connectivity index (χ3v) is 5.07. The highest BCUT2D eigenvalue weighted by Crippen LogP contribution is 2.12. The van der Waals surface area contributed by atoms with Crippen molar-refractivity contribution in [3.05, 3.63) is 65.6 Å². The van der Waals surface area contributed by atoms with Gasteiger partial charge in [-0.1, -0.05) is 35.9 Å². The third-order valence-electron chi connectivity index (χ3n) is 4.04. The number of rotatable bonds is 8. The molecule has 0 aliphatic carbocycles. The van der Waals surface area contributed by atoms with Crippen LogP contribution >= 0.6 is 35.7 Å². The number of nitrogens with one attached hydrogen (secondary N) is 2. The SMILES string of the molecule is CCNC(=NCc1nnc2ccccn12)NCCSCc1ccc(C)cc1.I. The minimum atomic E-state index is 0. The molecule has 2 heterocycles. The number of aliphatic imine (C=N–C) groups is 1. The Morgan fingerprint density at radius 1 is 1.11 bits per heavy atom. The number of fused-ring (bicyclic) bond motifs is 1. The van der Waals surface area contributed by atoms with E-state index in [1.807, 2.05) is 40.6 Å². The highest BCUT2D eigenvalue weighted by molar-refractivity contribution is 14.0. The zero-order valence-corrected chi connectivity index (χ0v) is 19.4. The summed E-state index contributed by atoms with van der Waals surface area (Å²) < 4.78 is 1.96. The van der Waals surface area contributed by atoms with E-state index in [4.69, 9.17) is 0 Å². The Morgan fingerprint density at radius 2 is 1.93 bits per heavy atom. The number of thioether (sulfide) groups is 1. The normalized spacial score (nSPS) is 11.3. The Labute approximate surface area is 187 Å². The van der Waals surface area contributed by atoms with Crippen LogP contribution in [-0.4, -0.2) is 39.4 Å². The molecule has 0 fully saturated rings. The van der Waals surface area contributed by atoms with Crippen LogP contribution in [0.4, 0.5) is 0 Å². The van der Waals surface area contributed by atoms with E-state index in [0.29, 0.717) is 6.54 Å². The van der Waals surface area contributed by atoms with E-state index in [9.17, 15) is 0 Å². The number of halogens is 1. The molecule has 6 nitrogen and oxygen atoms in total. The summed E-state index contributed by atoms with van der Waals surface area (Å²) in [5.41, 5.74) is 3.51. The molecule has 1 aromatic carbocycles. The van der Waals surface area contributed by atoms with Crippen molar-refractivity contribution in [2.24, 2.45) is 4.99 Å². The monoisotopic (exact) mass is 510 g/mol. The van der Waals surface area contributed by atoms with Crippen molar-refractivity contribution >= 4 is 47.3 Å². The van der Waals surface area contributed by atoms with Crippen molar-refractivity contribution in [1.29, 1.82) is 0 Å². The van der Waals surface area contributed by atoms with Gasteiger partial charge in [0, 0.05) is 30.8 Å². The van der Waals surface area contributed by atoms with Crippen LogP contribution in [0, 0.1) is 6.92 Å². The molecule has 0 amide bonds. The molecule has 2 aromatic heterocycles. The molecule has 28 heavy (non-hydrogen) atoms. The van der Waals surface area contributed by atoms with E-state index in [0.717, 1.165) is 42.0 Å². The van der Waals surface area contributed by atoms with Gasteiger partial charge in [0.2, 0.25) is 0 Å². The van der Waals surface area contributed by atoms with Gasteiger partial charge in [-0.2, -0.15) is 11.8 Å². The fourth-order valence-electron chi connectivity index (χ4n) is 2.61. The quantitative estimate of drug-likeness (QED) is 0.210. The second-order valence-corrected chi connectivity index (χ2v) is 7.31. The van der Waals surface area contributed by atoms with Gasteiger partial charge in [0.15, 0.2) is 17.4 Å². The molecule has 0 unspecified atom stereocenters. The Hall–Kier alpha value is -1.81. The maximum Gasteiger partial charge on any atom is 0.191 e. The van der Waals surface area contributed by atoms with Gasteiger partial charge in [-0.3, -0.25) is 4.40 Å². The largest absolute Gasteiger partial charge is 0.357 e. The number of nitrogens with zero attached hydrogens (tertiary/aromatic N) is 4. The van der Waals surface area contributed by atoms with Crippen LogP contribution in [0.5, 0.6) is 0 Å². The summed E-state index contributed by atoms with van der Waals surface area (Å²) >= 11 is 1.92. The second kappa shape index (κ2) is 11.9. The summed E-state index contributed by atoms with van der Waals surface area (Å²) in [5.74, 6) is 3.69. The number of guanidine groups is 1. The molecule has 0 bridgehead atoms. The first-order valence-electron chi connectivity index (χ1n) is 9.20. The van der Waals surface area contributed by atoms with Crippen LogP contribution in [0.3, 0.4) is 0 Å². The second-order valence-electron chi connectivity index (χ2n) is 6.21. The lowest BCUT2D eigenvalue weighted by molar-refractivity contribution is 0.817. The van der Waals surface area contributed by atoms with E-state index in [1.165, 1.54) is 11.1 Å². The van der Waals surface area contributed by atoms with Crippen molar-refractivity contribution in [1.82, 2.24) is 25.2 Å². The zero-order valence-electron chi connectivity index (χ0n) is 16.3. The van der Waals surface area contributed by atoms with Crippen LogP contribution in [0.2, 0.25) is 0 Å². The molecule has 0 saturated carbocycles. The van der Waals surface area contributed by atoms with Crippen LogP contribution in [0.15, 0.2) is 53.7 Å². The fourth-order valence-corrected chi connectivity index (χ4v) is 3.43. The number of aromatic nitrogens is 3. The van der Waals surface area contributed by atoms with Crippen LogP contribution in [0.25, 0.3) is 5.65 Å². The summed E-state index contributed by atoms with van der Waals surface area (Å²) in [5, 5.41) is 15.1. The van der Waals surface area contributed by atoms with Gasteiger partial charge in [-0.25, -0.2) is 4.99 Å². The molecule has 3 rings (SSSR count). The Balaban J connectivity index is 0.00000280. The standard InChI is InChI=1S/C20H26N6S.HI/c1-3-21-20(22-11-13-27-15-17-9-7-16(2)8-10-17)23-14-19-25-24-18-6-4-5-12-26(18)19;/h4-10,12H,3,11,13-15H2,1-2H3,(H2,21,22,23);1H. The highest BCUT2D eigenvalue weighted by atomic mass is 127. The molecule has 8 heteroatoms. The molecule has 0 radical (unpaired) electrons. The van der Waals surface area contributed by atoms with Gasteiger partial charge < -0.3 is 10.6 Å². The zero-order chi connectivity index (χ0) is 18.9. The first kappa shape index (κ1) is 22.5. The van der Waals surface area contributed by atoms with Gasteiger partial charge in [0.25, 0.3) is 0 Å². The highest BCUT2D eigenvalue weighted by Gasteiger charge is 2.04. The number of hydrogen-bond acceptors (Lipinski definition) is 4. The molecule has 0 atom stereocenters. The van der Waals surface area contributed by atoms with E-state index < -0.39 is 0 Å². The number of aryl methyl sites for hydroxylation is 1. The van der Waals surface area contributed by atoms with Gasteiger partial charge >= 0.3 is 0 Å². The molecule has 2 N–H and O–H groups in total. The van der Waals surface area contributed by atoms with Crippen LogP contribution in [0.1, 0.15) is 23.9 Å². The fraction of sp³-hybridized carbons (Fsp3) is 0.350. The molecule has 0 aliphatic rings. The van der Waals surface area contributed by atoms with E-state index in [2.05, 4.69) is 63.9 Å². The van der Waals surface area contributed by atoms with E-state index in [1.54, 1.807) is 0 Å². The molecule has 0 aliphatic heterocycles. The maximum absolute atomic E-state index is 4.63. The van der Waals surface area contributed by atoms with Crippen molar-refractivity contribution in [2.75, 3.05) is 18.8 Å². The average Bonchev–Trinajstić information content (AvgIpc) is 3.10. The summed E-state index contributed by atoms with van der Waals surface area (Å²) in [4.78, 5) is 4.63. The topological polar surface area (TPSA) is 66.6 Å². The number of benzene rings is 1. The number of hydrogen-bond donors (Lipinski definition) is 2. The van der Waals surface area contributed by atoms with E-state index in [-0.39, 0.29) is 24.0 Å². The van der Waals surface area contributed by atoms with Crippen molar-refractivity contribution in [3.8, 4) is 0 Å². The van der Waals surface area contributed by atoms with Gasteiger partial charge in [-0.15, -0.1) is 34.2 Å². The predicted molar refractivity (Wildman–Crippen MR) is 129 cm³/mol. The van der Waals surface area contributed by atoms with Crippen LogP contribution in [-0.2, 0) is 12.3 Å².